The van der Waals surface area contributed by atoms with E-state index in [4.69, 9.17) is 4.74 Å². The first-order chi connectivity index (χ1) is 14.5. The maximum Gasteiger partial charge on any atom is 0.329 e. The second kappa shape index (κ2) is 8.13. The van der Waals surface area contributed by atoms with Crippen molar-refractivity contribution in [2.75, 3.05) is 0 Å². The van der Waals surface area contributed by atoms with Gasteiger partial charge in [-0.3, -0.25) is 14.4 Å². The van der Waals surface area contributed by atoms with Crippen LogP contribution in [0.25, 0.3) is 23.0 Å². The average molecular weight is 398 g/mol. The third-order valence-corrected chi connectivity index (χ3v) is 4.65. The lowest BCUT2D eigenvalue weighted by Crippen LogP contribution is -2.34. The zero-order valence-electron chi connectivity index (χ0n) is 16.2. The van der Waals surface area contributed by atoms with Gasteiger partial charge in [0.2, 0.25) is 0 Å². The fraction of sp³-hybridized carbons (Fsp3) is 0.0833. The van der Waals surface area contributed by atoms with E-state index >= 15 is 0 Å². The fourth-order valence-electron chi connectivity index (χ4n) is 3.21. The van der Waals surface area contributed by atoms with E-state index in [1.54, 1.807) is 17.0 Å². The molecule has 4 rings (SSSR count). The molecule has 0 aliphatic carbocycles. The molecule has 1 aliphatic heterocycles. The van der Waals surface area contributed by atoms with Gasteiger partial charge in [-0.05, 0) is 31.2 Å². The van der Waals surface area contributed by atoms with Crippen LogP contribution in [0.3, 0.4) is 0 Å². The molecule has 0 saturated carbocycles. The number of ether oxygens (including phenoxy) is 1. The van der Waals surface area contributed by atoms with Gasteiger partial charge < -0.3 is 4.74 Å². The predicted molar refractivity (Wildman–Crippen MR) is 111 cm³/mol. The van der Waals surface area contributed by atoms with Crippen LogP contribution in [0.5, 0.6) is 0 Å². The standard InChI is InChI=1S/C24H18N2O4/c1-16-14-21(28)22(24(29)30-16)20(27)13-12-18-15-26(19-10-6-3-7-11-19)25-23(18)17-8-4-2-5-9-17/h2-15,22H,1H3/b13-12-/t22-/m1/s1. The number of ketones is 2. The molecule has 3 aromatic rings. The smallest absolute Gasteiger partial charge is 0.329 e. The minimum Gasteiger partial charge on any atom is -0.430 e. The summed E-state index contributed by atoms with van der Waals surface area (Å²) in [5.74, 6) is -3.32. The minimum atomic E-state index is -1.46. The van der Waals surface area contributed by atoms with Gasteiger partial charge in [-0.1, -0.05) is 48.5 Å². The van der Waals surface area contributed by atoms with Crippen LogP contribution in [0.15, 0.2) is 84.8 Å². The van der Waals surface area contributed by atoms with E-state index < -0.39 is 23.5 Å². The van der Waals surface area contributed by atoms with Crippen molar-refractivity contribution in [1.82, 2.24) is 9.78 Å². The van der Waals surface area contributed by atoms with E-state index in [0.29, 0.717) is 11.3 Å². The van der Waals surface area contributed by atoms with Gasteiger partial charge in [-0.25, -0.2) is 4.68 Å². The Bertz CT molecular complexity index is 1170. The summed E-state index contributed by atoms with van der Waals surface area (Å²) in [4.78, 5) is 36.6. The molecule has 6 heteroatoms. The van der Waals surface area contributed by atoms with Gasteiger partial charge in [0.15, 0.2) is 17.5 Å². The predicted octanol–water partition coefficient (Wildman–Crippen LogP) is 3.77. The third kappa shape index (κ3) is 3.89. The maximum absolute atomic E-state index is 12.6. The number of aromatic nitrogens is 2. The Morgan fingerprint density at radius 3 is 2.37 bits per heavy atom. The number of para-hydroxylation sites is 1. The lowest BCUT2D eigenvalue weighted by Gasteiger charge is -2.15. The lowest BCUT2D eigenvalue weighted by atomic mass is 9.95. The van der Waals surface area contributed by atoms with E-state index in [1.807, 2.05) is 60.7 Å². The molecule has 0 unspecified atom stereocenters. The highest BCUT2D eigenvalue weighted by atomic mass is 16.5. The summed E-state index contributed by atoms with van der Waals surface area (Å²) in [6.07, 6.45) is 5.77. The normalized spacial score (nSPS) is 16.4. The summed E-state index contributed by atoms with van der Waals surface area (Å²) in [6.45, 7) is 1.50. The number of cyclic esters (lactones) is 1. The number of hydrogen-bond acceptors (Lipinski definition) is 5. The Labute approximate surface area is 173 Å². The molecule has 0 fully saturated rings. The van der Waals surface area contributed by atoms with E-state index in [1.165, 1.54) is 19.1 Å². The van der Waals surface area contributed by atoms with Gasteiger partial charge in [0, 0.05) is 23.4 Å². The maximum atomic E-state index is 12.6. The number of benzene rings is 2. The van der Waals surface area contributed by atoms with Crippen molar-refractivity contribution in [2.45, 2.75) is 6.92 Å². The van der Waals surface area contributed by atoms with Crippen molar-refractivity contribution in [3.05, 3.63) is 90.3 Å². The molecule has 2 heterocycles. The monoisotopic (exact) mass is 398 g/mol. The van der Waals surface area contributed by atoms with E-state index in [0.717, 1.165) is 11.3 Å². The first-order valence-electron chi connectivity index (χ1n) is 9.39. The summed E-state index contributed by atoms with van der Waals surface area (Å²) in [5.41, 5.74) is 3.11. The van der Waals surface area contributed by atoms with Crippen LogP contribution in [-0.4, -0.2) is 27.3 Å². The van der Waals surface area contributed by atoms with Crippen molar-refractivity contribution in [3.8, 4) is 16.9 Å². The van der Waals surface area contributed by atoms with Gasteiger partial charge in [0.05, 0.1) is 11.4 Å². The van der Waals surface area contributed by atoms with Crippen LogP contribution in [0.1, 0.15) is 12.5 Å². The number of carbonyl (C=O) groups is 3. The Morgan fingerprint density at radius 2 is 1.70 bits per heavy atom. The summed E-state index contributed by atoms with van der Waals surface area (Å²) in [7, 11) is 0. The first-order valence-corrected chi connectivity index (χ1v) is 9.39. The number of hydrogen-bond donors (Lipinski definition) is 0. The van der Waals surface area contributed by atoms with Crippen LogP contribution in [0.2, 0.25) is 0 Å². The fourth-order valence-corrected chi connectivity index (χ4v) is 3.21. The SMILES string of the molecule is CC1=CC(=O)[C@@H](C(=O)/C=C\c2cn(-c3ccccc3)nc2-c2ccccc2)C(=O)O1. The summed E-state index contributed by atoms with van der Waals surface area (Å²) in [6, 6.07) is 19.1. The largest absolute Gasteiger partial charge is 0.430 e. The van der Waals surface area contributed by atoms with Crippen molar-refractivity contribution in [3.63, 3.8) is 0 Å². The molecule has 6 nitrogen and oxygen atoms in total. The Kier molecular flexibility index (Phi) is 5.22. The first kappa shape index (κ1) is 19.3. The number of esters is 1. The van der Waals surface area contributed by atoms with Crippen molar-refractivity contribution >= 4 is 23.6 Å². The average Bonchev–Trinajstić information content (AvgIpc) is 3.17. The van der Waals surface area contributed by atoms with Crippen molar-refractivity contribution in [2.24, 2.45) is 5.92 Å². The van der Waals surface area contributed by atoms with Crippen LogP contribution in [0.4, 0.5) is 0 Å². The minimum absolute atomic E-state index is 0.188. The number of carbonyl (C=O) groups excluding carboxylic acids is 3. The summed E-state index contributed by atoms with van der Waals surface area (Å²) >= 11 is 0. The zero-order valence-corrected chi connectivity index (χ0v) is 16.2. The molecular weight excluding hydrogens is 380 g/mol. The molecule has 148 valence electrons. The number of rotatable bonds is 5. The Balaban J connectivity index is 1.69. The Morgan fingerprint density at radius 1 is 1.03 bits per heavy atom. The topological polar surface area (TPSA) is 78.3 Å². The molecule has 0 bridgehead atoms. The molecule has 1 aliphatic rings. The molecule has 0 spiro atoms. The van der Waals surface area contributed by atoms with Gasteiger partial charge in [0.1, 0.15) is 5.76 Å². The van der Waals surface area contributed by atoms with E-state index in [-0.39, 0.29) is 5.76 Å². The summed E-state index contributed by atoms with van der Waals surface area (Å²) in [5, 5.41) is 4.67. The van der Waals surface area contributed by atoms with Crippen LogP contribution in [0, 0.1) is 5.92 Å². The third-order valence-electron chi connectivity index (χ3n) is 4.65. The molecule has 0 amide bonds. The van der Waals surface area contributed by atoms with Crippen molar-refractivity contribution in [1.29, 1.82) is 0 Å². The highest BCUT2D eigenvalue weighted by molar-refractivity contribution is 6.25. The molecule has 2 aromatic carbocycles. The van der Waals surface area contributed by atoms with Crippen LogP contribution in [-0.2, 0) is 19.1 Å². The molecular formula is C24H18N2O4. The zero-order chi connectivity index (χ0) is 21.1. The van der Waals surface area contributed by atoms with Crippen LogP contribution < -0.4 is 0 Å². The Hall–Kier alpha value is -4.06. The van der Waals surface area contributed by atoms with Gasteiger partial charge in [-0.2, -0.15) is 5.10 Å². The molecule has 1 aromatic heterocycles. The van der Waals surface area contributed by atoms with Crippen molar-refractivity contribution < 1.29 is 19.1 Å². The molecule has 0 saturated heterocycles. The lowest BCUT2D eigenvalue weighted by molar-refractivity contribution is -0.151. The van der Waals surface area contributed by atoms with Crippen LogP contribution >= 0.6 is 0 Å². The number of allylic oxidation sites excluding steroid dienone is 3. The second-order valence-corrected chi connectivity index (χ2v) is 6.83. The van der Waals surface area contributed by atoms with Gasteiger partial charge in [0.25, 0.3) is 0 Å². The van der Waals surface area contributed by atoms with E-state index in [9.17, 15) is 14.4 Å². The molecule has 1 atom stereocenters. The molecule has 30 heavy (non-hydrogen) atoms. The van der Waals surface area contributed by atoms with Gasteiger partial charge in [-0.15, -0.1) is 0 Å². The van der Waals surface area contributed by atoms with Gasteiger partial charge >= 0.3 is 5.97 Å². The molecule has 0 N–H and O–H groups in total. The highest BCUT2D eigenvalue weighted by Crippen LogP contribution is 2.25. The number of nitrogens with zero attached hydrogens (tertiary/aromatic N) is 2. The highest BCUT2D eigenvalue weighted by Gasteiger charge is 2.36. The van der Waals surface area contributed by atoms with E-state index in [2.05, 4.69) is 5.10 Å². The second-order valence-electron chi connectivity index (χ2n) is 6.83. The quantitative estimate of drug-likeness (QED) is 0.371. The molecule has 0 radical (unpaired) electrons. The summed E-state index contributed by atoms with van der Waals surface area (Å²) < 4.78 is 6.65.